The summed E-state index contributed by atoms with van der Waals surface area (Å²) in [6.45, 7) is 1.68. The fraction of sp³-hybridized carbons (Fsp3) is 0.320. The van der Waals surface area contributed by atoms with Crippen LogP contribution < -0.4 is 9.80 Å². The Morgan fingerprint density at radius 3 is 2.27 bits per heavy atom. The van der Waals surface area contributed by atoms with Crippen molar-refractivity contribution in [3.05, 3.63) is 60.2 Å². The van der Waals surface area contributed by atoms with Gasteiger partial charge >= 0.3 is 11.5 Å². The number of benzene rings is 2. The van der Waals surface area contributed by atoms with Gasteiger partial charge in [0.25, 0.3) is 15.7 Å². The van der Waals surface area contributed by atoms with Gasteiger partial charge in [-0.2, -0.15) is 13.2 Å². The van der Waals surface area contributed by atoms with E-state index in [0.29, 0.717) is 0 Å². The number of carbonyl (C=O) groups excluding carboxylic acids is 2. The second-order valence-electron chi connectivity index (χ2n) is 9.02. The van der Waals surface area contributed by atoms with Gasteiger partial charge in [-0.3, -0.25) is 4.79 Å². The largest absolute Gasteiger partial charge is 0.501 e. The van der Waals surface area contributed by atoms with Gasteiger partial charge in [-0.25, -0.2) is 23.1 Å². The molecule has 3 amide bonds. The van der Waals surface area contributed by atoms with E-state index in [-0.39, 0.29) is 18.8 Å². The Bertz CT molecular complexity index is 1470. The molecule has 5 rings (SSSR count). The minimum absolute atomic E-state index is 0.00721. The molecule has 0 N–H and O–H groups in total. The van der Waals surface area contributed by atoms with Crippen LogP contribution in [0.1, 0.15) is 24.8 Å². The zero-order valence-corrected chi connectivity index (χ0v) is 20.4. The first-order valence-corrected chi connectivity index (χ1v) is 13.2. The summed E-state index contributed by atoms with van der Waals surface area (Å²) in [5, 5.41) is 0.851. The number of imide groups is 1. The first-order chi connectivity index (χ1) is 17.6. The molecule has 0 bridgehead atoms. The number of nitrogens with zero attached hydrogens (tertiary/aromatic N) is 4. The lowest BCUT2D eigenvalue weighted by Crippen LogP contribution is -2.33. The van der Waals surface area contributed by atoms with Gasteiger partial charge in [0, 0.05) is 25.0 Å². The fourth-order valence-corrected chi connectivity index (χ4v) is 5.45. The summed E-state index contributed by atoms with van der Waals surface area (Å²) in [6, 6.07) is 12.4. The van der Waals surface area contributed by atoms with Gasteiger partial charge in [-0.05, 0) is 61.2 Å². The third-order valence-corrected chi connectivity index (χ3v) is 8.08. The standard InChI is InChI=1S/C25H23F3N4O4S/c26-25(27,28)37(35,36)19-10-8-18(9-11-19)32-23(33)16-31(24(32)34)15-17-14-22(30-12-4-1-5-13-30)29-21-7-3-2-6-20(17)21/h2-3,6-11,14H,1,4-5,12-13,15-16H2. The lowest BCUT2D eigenvalue weighted by Gasteiger charge is -2.28. The molecule has 12 heteroatoms. The van der Waals surface area contributed by atoms with Crippen molar-refractivity contribution in [1.29, 1.82) is 0 Å². The number of hydrogen-bond donors (Lipinski definition) is 0. The summed E-state index contributed by atoms with van der Waals surface area (Å²) in [6.07, 6.45) is 3.31. The zero-order valence-electron chi connectivity index (χ0n) is 19.6. The molecule has 0 radical (unpaired) electrons. The van der Waals surface area contributed by atoms with E-state index >= 15 is 0 Å². The highest BCUT2D eigenvalue weighted by molar-refractivity contribution is 7.92. The molecule has 2 aliphatic rings. The summed E-state index contributed by atoms with van der Waals surface area (Å²) in [5.41, 5.74) is -3.87. The molecule has 1 aromatic heterocycles. The number of fused-ring (bicyclic) bond motifs is 1. The summed E-state index contributed by atoms with van der Waals surface area (Å²) in [5.74, 6) is 0.246. The molecular weight excluding hydrogens is 509 g/mol. The Labute approximate surface area is 211 Å². The van der Waals surface area contributed by atoms with Crippen LogP contribution in [0.4, 0.5) is 29.5 Å². The highest BCUT2D eigenvalue weighted by Crippen LogP contribution is 2.33. The number of para-hydroxylation sites is 1. The van der Waals surface area contributed by atoms with E-state index in [0.717, 1.165) is 77.4 Å². The molecule has 2 aliphatic heterocycles. The number of urea groups is 1. The molecule has 0 saturated carbocycles. The number of pyridine rings is 1. The highest BCUT2D eigenvalue weighted by Gasteiger charge is 2.47. The van der Waals surface area contributed by atoms with Crippen molar-refractivity contribution in [2.24, 2.45) is 0 Å². The Kier molecular flexibility index (Phi) is 6.30. The Hall–Kier alpha value is -3.67. The normalized spacial score (nSPS) is 17.2. The van der Waals surface area contributed by atoms with Crippen molar-refractivity contribution < 1.29 is 31.2 Å². The summed E-state index contributed by atoms with van der Waals surface area (Å²) >= 11 is 0. The zero-order chi connectivity index (χ0) is 26.4. The van der Waals surface area contributed by atoms with Crippen LogP contribution in [0.25, 0.3) is 10.9 Å². The number of rotatable bonds is 5. The number of piperidine rings is 1. The quantitative estimate of drug-likeness (QED) is 0.450. The molecule has 0 spiro atoms. The SMILES string of the molecule is O=C1CN(Cc2cc(N3CCCCC3)nc3ccccc23)C(=O)N1c1ccc(S(=O)(=O)C(F)(F)F)cc1. The third-order valence-electron chi connectivity index (χ3n) is 6.58. The van der Waals surface area contributed by atoms with Crippen LogP contribution >= 0.6 is 0 Å². The van der Waals surface area contributed by atoms with E-state index in [4.69, 9.17) is 4.98 Å². The van der Waals surface area contributed by atoms with Crippen LogP contribution in [0.5, 0.6) is 0 Å². The van der Waals surface area contributed by atoms with E-state index in [1.54, 1.807) is 0 Å². The second kappa shape index (κ2) is 9.33. The molecule has 2 aromatic carbocycles. The van der Waals surface area contributed by atoms with E-state index in [1.165, 1.54) is 11.3 Å². The van der Waals surface area contributed by atoms with E-state index in [1.807, 2.05) is 30.3 Å². The van der Waals surface area contributed by atoms with Crippen molar-refractivity contribution in [3.63, 3.8) is 0 Å². The van der Waals surface area contributed by atoms with E-state index < -0.39 is 32.2 Å². The molecule has 2 saturated heterocycles. The molecule has 8 nitrogen and oxygen atoms in total. The van der Waals surface area contributed by atoms with Crippen LogP contribution in [0.2, 0.25) is 0 Å². The average Bonchev–Trinajstić information content (AvgIpc) is 3.16. The Balaban J connectivity index is 1.42. The van der Waals surface area contributed by atoms with Gasteiger partial charge in [0.15, 0.2) is 0 Å². The minimum atomic E-state index is -5.54. The van der Waals surface area contributed by atoms with Crippen molar-refractivity contribution in [2.45, 2.75) is 36.2 Å². The van der Waals surface area contributed by atoms with Crippen molar-refractivity contribution in [2.75, 3.05) is 29.4 Å². The van der Waals surface area contributed by atoms with Gasteiger partial charge in [-0.15, -0.1) is 0 Å². The second-order valence-corrected chi connectivity index (χ2v) is 11.0. The van der Waals surface area contributed by atoms with Crippen LogP contribution in [0, 0.1) is 0 Å². The van der Waals surface area contributed by atoms with Gasteiger partial charge in [0.2, 0.25) is 0 Å². The number of hydrogen-bond acceptors (Lipinski definition) is 6. The molecule has 0 aliphatic carbocycles. The van der Waals surface area contributed by atoms with Crippen molar-refractivity contribution >= 4 is 44.2 Å². The first kappa shape index (κ1) is 25.0. The summed E-state index contributed by atoms with van der Waals surface area (Å²) in [4.78, 5) is 34.2. The van der Waals surface area contributed by atoms with E-state index in [2.05, 4.69) is 4.90 Å². The molecule has 0 atom stereocenters. The molecule has 194 valence electrons. The van der Waals surface area contributed by atoms with Crippen molar-refractivity contribution in [1.82, 2.24) is 9.88 Å². The number of halogens is 3. The Morgan fingerprint density at radius 2 is 1.59 bits per heavy atom. The first-order valence-electron chi connectivity index (χ1n) is 11.7. The van der Waals surface area contributed by atoms with Crippen LogP contribution in [-0.4, -0.2) is 55.4 Å². The number of aromatic nitrogens is 1. The maximum absolute atomic E-state index is 13.2. The average molecular weight is 533 g/mol. The number of anilines is 2. The molecule has 3 heterocycles. The van der Waals surface area contributed by atoms with Gasteiger partial charge in [0.1, 0.15) is 12.4 Å². The molecule has 2 fully saturated rings. The van der Waals surface area contributed by atoms with Crippen molar-refractivity contribution in [3.8, 4) is 0 Å². The number of amides is 3. The Morgan fingerprint density at radius 1 is 0.919 bits per heavy atom. The van der Waals surface area contributed by atoms with Crippen LogP contribution in [0.3, 0.4) is 0 Å². The van der Waals surface area contributed by atoms with E-state index in [9.17, 15) is 31.2 Å². The van der Waals surface area contributed by atoms with Gasteiger partial charge < -0.3 is 9.80 Å². The van der Waals surface area contributed by atoms with Crippen LogP contribution in [0.15, 0.2) is 59.5 Å². The molecule has 0 unspecified atom stereocenters. The topological polar surface area (TPSA) is 90.9 Å². The number of sulfone groups is 1. The summed E-state index contributed by atoms with van der Waals surface area (Å²) < 4.78 is 61.8. The third kappa shape index (κ3) is 4.61. The minimum Gasteiger partial charge on any atom is -0.357 e. The monoisotopic (exact) mass is 532 g/mol. The van der Waals surface area contributed by atoms with Crippen LogP contribution in [-0.2, 0) is 21.2 Å². The predicted molar refractivity (Wildman–Crippen MR) is 131 cm³/mol. The molecule has 3 aromatic rings. The smallest absolute Gasteiger partial charge is 0.357 e. The molecule has 37 heavy (non-hydrogen) atoms. The maximum Gasteiger partial charge on any atom is 0.501 e. The van der Waals surface area contributed by atoms with Gasteiger partial charge in [0.05, 0.1) is 16.1 Å². The maximum atomic E-state index is 13.2. The predicted octanol–water partition coefficient (Wildman–Crippen LogP) is 4.49. The number of alkyl halides is 3. The highest BCUT2D eigenvalue weighted by atomic mass is 32.2. The lowest BCUT2D eigenvalue weighted by atomic mass is 10.1. The number of carbonyl (C=O) groups is 2. The fourth-order valence-electron chi connectivity index (χ4n) is 4.69. The molecular formula is C25H23F3N4O4S. The lowest BCUT2D eigenvalue weighted by molar-refractivity contribution is -0.116. The summed E-state index contributed by atoms with van der Waals surface area (Å²) in [7, 11) is -5.54. The van der Waals surface area contributed by atoms with Gasteiger partial charge in [-0.1, -0.05) is 18.2 Å².